The molecule has 0 heterocycles. The fraction of sp³-hybridized carbons (Fsp3) is 0.250. The van der Waals surface area contributed by atoms with Crippen molar-refractivity contribution in [3.63, 3.8) is 0 Å². The molecule has 2 aromatic carbocycles. The van der Waals surface area contributed by atoms with Crippen molar-refractivity contribution >= 4 is 11.8 Å². The zero-order valence-corrected chi connectivity index (χ0v) is 13.5. The van der Waals surface area contributed by atoms with E-state index in [0.29, 0.717) is 5.71 Å². The second-order valence-electron chi connectivity index (χ2n) is 6.08. The molecule has 0 spiro atoms. The van der Waals surface area contributed by atoms with Gasteiger partial charge in [-0.05, 0) is 42.0 Å². The largest absolute Gasteiger partial charge is 0.411 e. The Balaban J connectivity index is 1.92. The molecule has 1 saturated carbocycles. The van der Waals surface area contributed by atoms with E-state index in [4.69, 9.17) is 0 Å². The average molecular weight is 322 g/mol. The maximum atomic E-state index is 9.71. The summed E-state index contributed by atoms with van der Waals surface area (Å²) in [6.45, 7) is 0. The normalized spacial score (nSPS) is 22.6. The van der Waals surface area contributed by atoms with Gasteiger partial charge in [-0.3, -0.25) is 0 Å². The smallest absolute Gasteiger partial charge is 0.0878 e. The summed E-state index contributed by atoms with van der Waals surface area (Å²) in [4.78, 5) is 0. The van der Waals surface area contributed by atoms with Crippen molar-refractivity contribution in [1.29, 1.82) is 0 Å². The van der Waals surface area contributed by atoms with E-state index in [2.05, 4.69) is 16.7 Å². The van der Waals surface area contributed by atoms with Crippen LogP contribution in [0, 0.1) is 5.92 Å². The molecule has 124 valence electrons. The molecule has 0 bridgehead atoms. The van der Waals surface area contributed by atoms with Crippen LogP contribution < -0.4 is 5.48 Å². The Hall–Kier alpha value is -2.43. The Labute approximate surface area is 142 Å². The number of allylic oxidation sites excluding steroid dienone is 1. The Bertz CT molecular complexity index is 711. The van der Waals surface area contributed by atoms with Crippen LogP contribution in [0.4, 0.5) is 0 Å². The van der Waals surface area contributed by atoms with Gasteiger partial charge in [0.05, 0.1) is 11.8 Å². The lowest BCUT2D eigenvalue weighted by Gasteiger charge is -2.31. The fourth-order valence-corrected chi connectivity index (χ4v) is 3.43. The van der Waals surface area contributed by atoms with Gasteiger partial charge in [-0.1, -0.05) is 65.8 Å². The summed E-state index contributed by atoms with van der Waals surface area (Å²) >= 11 is 0. The van der Waals surface area contributed by atoms with Gasteiger partial charge in [0, 0.05) is 5.92 Å². The van der Waals surface area contributed by atoms with E-state index in [1.54, 1.807) is 0 Å². The summed E-state index contributed by atoms with van der Waals surface area (Å²) in [5.74, 6) is -0.0777. The molecule has 3 N–H and O–H groups in total. The predicted molar refractivity (Wildman–Crippen MR) is 95.1 cm³/mol. The van der Waals surface area contributed by atoms with E-state index in [9.17, 15) is 10.4 Å². The molecule has 2 aromatic rings. The maximum absolute atomic E-state index is 9.71. The first kappa shape index (κ1) is 16.4. The number of hydroxylamine groups is 1. The fourth-order valence-electron chi connectivity index (χ4n) is 3.43. The minimum atomic E-state index is -0.295. The average Bonchev–Trinajstić information content (AvgIpc) is 2.64. The number of oxime groups is 1. The highest BCUT2D eigenvalue weighted by molar-refractivity contribution is 6.05. The molecule has 4 heteroatoms. The molecule has 2 unspecified atom stereocenters. The number of nitrogens with one attached hydrogen (secondary N) is 1. The summed E-state index contributed by atoms with van der Waals surface area (Å²) < 4.78 is 0. The van der Waals surface area contributed by atoms with Crippen LogP contribution in [0.25, 0.3) is 6.08 Å². The van der Waals surface area contributed by atoms with Gasteiger partial charge in [-0.15, -0.1) is 0 Å². The molecule has 2 atom stereocenters. The molecule has 0 amide bonds. The SMILES string of the molecule is O/N=C1\C(=C/c2ccccc2)CCCC1C(NO)c1ccccc1. The standard InChI is InChI=1S/C20H22N2O2/c23-21-19(16-10-5-2-6-11-16)18-13-7-12-17(20(18)22-24)14-15-8-3-1-4-9-15/h1-6,8-11,14,18-19,21,23-24H,7,12-13H2/b17-14-,22-20+. The van der Waals surface area contributed by atoms with E-state index in [-0.39, 0.29) is 12.0 Å². The van der Waals surface area contributed by atoms with Crippen LogP contribution in [0.2, 0.25) is 0 Å². The third-order valence-corrected chi connectivity index (χ3v) is 4.59. The summed E-state index contributed by atoms with van der Waals surface area (Å²) in [7, 11) is 0. The van der Waals surface area contributed by atoms with Gasteiger partial charge < -0.3 is 10.4 Å². The van der Waals surface area contributed by atoms with Gasteiger partial charge in [0.15, 0.2) is 0 Å². The van der Waals surface area contributed by atoms with E-state index < -0.39 is 0 Å². The highest BCUT2D eigenvalue weighted by atomic mass is 16.5. The molecule has 3 rings (SSSR count). The number of hydrogen-bond donors (Lipinski definition) is 3. The van der Waals surface area contributed by atoms with Crippen LogP contribution in [-0.2, 0) is 0 Å². The lowest BCUT2D eigenvalue weighted by Crippen LogP contribution is -2.34. The van der Waals surface area contributed by atoms with Gasteiger partial charge in [0.2, 0.25) is 0 Å². The van der Waals surface area contributed by atoms with E-state index >= 15 is 0 Å². The molecule has 0 saturated heterocycles. The topological polar surface area (TPSA) is 64.9 Å². The Morgan fingerprint density at radius 1 is 1.04 bits per heavy atom. The minimum Gasteiger partial charge on any atom is -0.411 e. The monoisotopic (exact) mass is 322 g/mol. The summed E-state index contributed by atoms with van der Waals surface area (Å²) in [5, 5.41) is 23.0. The van der Waals surface area contributed by atoms with Gasteiger partial charge in [0.1, 0.15) is 0 Å². The minimum absolute atomic E-state index is 0.0777. The number of hydrogen-bond acceptors (Lipinski definition) is 4. The molecular weight excluding hydrogens is 300 g/mol. The quantitative estimate of drug-likeness (QED) is 0.576. The molecule has 0 aliphatic heterocycles. The lowest BCUT2D eigenvalue weighted by molar-refractivity contribution is 0.106. The van der Waals surface area contributed by atoms with Crippen molar-refractivity contribution in [2.24, 2.45) is 11.1 Å². The third kappa shape index (κ3) is 3.55. The first-order chi connectivity index (χ1) is 11.8. The summed E-state index contributed by atoms with van der Waals surface area (Å²) in [6.07, 6.45) is 4.80. The van der Waals surface area contributed by atoms with Crippen LogP contribution in [0.15, 0.2) is 71.4 Å². The van der Waals surface area contributed by atoms with Crippen LogP contribution >= 0.6 is 0 Å². The van der Waals surface area contributed by atoms with Crippen molar-refractivity contribution < 1.29 is 10.4 Å². The third-order valence-electron chi connectivity index (χ3n) is 4.59. The molecule has 0 radical (unpaired) electrons. The molecule has 4 nitrogen and oxygen atoms in total. The maximum Gasteiger partial charge on any atom is 0.0878 e. The zero-order chi connectivity index (χ0) is 16.8. The second-order valence-corrected chi connectivity index (χ2v) is 6.08. The van der Waals surface area contributed by atoms with Crippen molar-refractivity contribution in [3.05, 3.63) is 77.4 Å². The number of nitrogens with zero attached hydrogens (tertiary/aromatic N) is 1. The molecular formula is C20H22N2O2. The van der Waals surface area contributed by atoms with Crippen LogP contribution in [0.3, 0.4) is 0 Å². The van der Waals surface area contributed by atoms with Gasteiger partial charge in [-0.25, -0.2) is 0 Å². The van der Waals surface area contributed by atoms with Gasteiger partial charge in [-0.2, -0.15) is 5.48 Å². The lowest BCUT2D eigenvalue weighted by atomic mass is 9.77. The molecule has 1 aliphatic rings. The second kappa shape index (κ2) is 7.90. The Kier molecular flexibility index (Phi) is 5.41. The molecule has 1 aliphatic carbocycles. The first-order valence-electron chi connectivity index (χ1n) is 8.26. The van der Waals surface area contributed by atoms with Crippen molar-refractivity contribution in [1.82, 2.24) is 5.48 Å². The number of benzene rings is 2. The van der Waals surface area contributed by atoms with Crippen LogP contribution in [0.5, 0.6) is 0 Å². The highest BCUT2D eigenvalue weighted by Gasteiger charge is 2.32. The first-order valence-corrected chi connectivity index (χ1v) is 8.26. The van der Waals surface area contributed by atoms with Crippen LogP contribution in [-0.4, -0.2) is 16.1 Å². The summed E-state index contributed by atoms with van der Waals surface area (Å²) in [5.41, 5.74) is 6.16. The van der Waals surface area contributed by atoms with Crippen molar-refractivity contribution in [2.45, 2.75) is 25.3 Å². The Morgan fingerprint density at radius 2 is 1.71 bits per heavy atom. The van der Waals surface area contributed by atoms with Crippen molar-refractivity contribution in [3.8, 4) is 0 Å². The number of rotatable bonds is 4. The summed E-state index contributed by atoms with van der Waals surface area (Å²) in [6, 6.07) is 19.5. The molecule has 0 aromatic heterocycles. The van der Waals surface area contributed by atoms with E-state index in [1.807, 2.05) is 60.7 Å². The van der Waals surface area contributed by atoms with Crippen LogP contribution in [0.1, 0.15) is 36.4 Å². The van der Waals surface area contributed by atoms with Gasteiger partial charge in [0.25, 0.3) is 0 Å². The highest BCUT2D eigenvalue weighted by Crippen LogP contribution is 2.35. The van der Waals surface area contributed by atoms with Gasteiger partial charge >= 0.3 is 0 Å². The van der Waals surface area contributed by atoms with E-state index in [1.165, 1.54) is 0 Å². The van der Waals surface area contributed by atoms with E-state index in [0.717, 1.165) is 36.0 Å². The van der Waals surface area contributed by atoms with Crippen molar-refractivity contribution in [2.75, 3.05) is 0 Å². The predicted octanol–water partition coefficient (Wildman–Crippen LogP) is 4.42. The zero-order valence-electron chi connectivity index (χ0n) is 13.5. The molecule has 1 fully saturated rings. The molecule has 24 heavy (non-hydrogen) atoms. The Morgan fingerprint density at radius 3 is 2.33 bits per heavy atom.